The standard InChI is InChI=1S/C20H25N7O/c1-25-12-8-22-19(25)15-26-10-4-17(5-11-26)20(28)23-14-16-3-7-21-18(13-16)27-9-2-6-24-27/h2-3,6-9,12-13,17H,4-5,10-11,14-15H2,1H3,(H,23,28). The van der Waals surface area contributed by atoms with Gasteiger partial charge in [-0.25, -0.2) is 14.6 Å². The van der Waals surface area contributed by atoms with E-state index in [0.29, 0.717) is 6.54 Å². The molecule has 1 aliphatic heterocycles. The Morgan fingerprint density at radius 3 is 2.75 bits per heavy atom. The molecule has 0 saturated carbocycles. The van der Waals surface area contributed by atoms with Crippen LogP contribution in [0.15, 0.2) is 49.2 Å². The Morgan fingerprint density at radius 1 is 1.18 bits per heavy atom. The molecule has 8 heteroatoms. The predicted octanol–water partition coefficient (Wildman–Crippen LogP) is 1.53. The normalized spacial score (nSPS) is 15.6. The Labute approximate surface area is 164 Å². The summed E-state index contributed by atoms with van der Waals surface area (Å²) < 4.78 is 3.76. The summed E-state index contributed by atoms with van der Waals surface area (Å²) in [5.41, 5.74) is 1.01. The number of piperidine rings is 1. The fourth-order valence-corrected chi connectivity index (χ4v) is 3.54. The number of aromatic nitrogens is 5. The maximum atomic E-state index is 12.6. The molecule has 1 fully saturated rings. The van der Waals surface area contributed by atoms with E-state index >= 15 is 0 Å². The van der Waals surface area contributed by atoms with E-state index in [2.05, 4.69) is 25.3 Å². The topological polar surface area (TPSA) is 80.9 Å². The van der Waals surface area contributed by atoms with E-state index in [1.807, 2.05) is 48.4 Å². The van der Waals surface area contributed by atoms with Crippen LogP contribution in [0.5, 0.6) is 0 Å². The molecule has 28 heavy (non-hydrogen) atoms. The van der Waals surface area contributed by atoms with Crippen molar-refractivity contribution < 1.29 is 4.79 Å². The zero-order chi connectivity index (χ0) is 19.3. The van der Waals surface area contributed by atoms with Gasteiger partial charge < -0.3 is 9.88 Å². The van der Waals surface area contributed by atoms with Crippen LogP contribution in [0.3, 0.4) is 0 Å². The van der Waals surface area contributed by atoms with Crippen molar-refractivity contribution in [2.75, 3.05) is 13.1 Å². The number of carbonyl (C=O) groups excluding carboxylic acids is 1. The highest BCUT2D eigenvalue weighted by Gasteiger charge is 2.25. The number of nitrogens with zero attached hydrogens (tertiary/aromatic N) is 6. The van der Waals surface area contributed by atoms with E-state index < -0.39 is 0 Å². The van der Waals surface area contributed by atoms with E-state index in [1.165, 1.54) is 0 Å². The van der Waals surface area contributed by atoms with Crippen LogP contribution in [0.2, 0.25) is 0 Å². The molecule has 0 spiro atoms. The first kappa shape index (κ1) is 18.4. The Morgan fingerprint density at radius 2 is 2.04 bits per heavy atom. The number of hydrogen-bond acceptors (Lipinski definition) is 5. The third kappa shape index (κ3) is 4.28. The average molecular weight is 379 g/mol. The molecule has 146 valence electrons. The van der Waals surface area contributed by atoms with Crippen molar-refractivity contribution in [3.63, 3.8) is 0 Å². The maximum absolute atomic E-state index is 12.6. The van der Waals surface area contributed by atoms with Gasteiger partial charge in [-0.05, 0) is 49.7 Å². The summed E-state index contributed by atoms with van der Waals surface area (Å²) in [5, 5.41) is 7.27. The fourth-order valence-electron chi connectivity index (χ4n) is 3.54. The number of carbonyl (C=O) groups is 1. The molecule has 3 aromatic rings. The lowest BCUT2D eigenvalue weighted by Crippen LogP contribution is -2.40. The summed E-state index contributed by atoms with van der Waals surface area (Å²) in [6, 6.07) is 5.72. The number of amides is 1. The maximum Gasteiger partial charge on any atom is 0.223 e. The molecule has 0 bridgehead atoms. The van der Waals surface area contributed by atoms with Gasteiger partial charge in [0.15, 0.2) is 5.82 Å². The lowest BCUT2D eigenvalue weighted by Gasteiger charge is -2.31. The highest BCUT2D eigenvalue weighted by atomic mass is 16.1. The van der Waals surface area contributed by atoms with E-state index in [4.69, 9.17) is 0 Å². The Kier molecular flexibility index (Phi) is 5.48. The third-order valence-electron chi connectivity index (χ3n) is 5.26. The lowest BCUT2D eigenvalue weighted by atomic mass is 9.96. The zero-order valence-electron chi connectivity index (χ0n) is 16.0. The highest BCUT2D eigenvalue weighted by Crippen LogP contribution is 2.19. The van der Waals surface area contributed by atoms with Gasteiger partial charge in [-0.3, -0.25) is 9.69 Å². The molecule has 0 unspecified atom stereocenters. The van der Waals surface area contributed by atoms with Crippen LogP contribution in [0, 0.1) is 5.92 Å². The van der Waals surface area contributed by atoms with Crippen molar-refractivity contribution in [1.29, 1.82) is 0 Å². The van der Waals surface area contributed by atoms with E-state index in [1.54, 1.807) is 17.1 Å². The van der Waals surface area contributed by atoms with Crippen LogP contribution >= 0.6 is 0 Å². The molecule has 4 heterocycles. The zero-order valence-corrected chi connectivity index (χ0v) is 16.0. The van der Waals surface area contributed by atoms with Gasteiger partial charge in [0.05, 0.1) is 6.54 Å². The van der Waals surface area contributed by atoms with Crippen LogP contribution < -0.4 is 5.32 Å². The average Bonchev–Trinajstić information content (AvgIpc) is 3.40. The van der Waals surface area contributed by atoms with Gasteiger partial charge in [-0.1, -0.05) is 0 Å². The van der Waals surface area contributed by atoms with E-state index in [0.717, 1.165) is 49.7 Å². The van der Waals surface area contributed by atoms with Crippen LogP contribution in [0.1, 0.15) is 24.2 Å². The first-order chi connectivity index (χ1) is 13.7. The van der Waals surface area contributed by atoms with Crippen molar-refractivity contribution in [2.45, 2.75) is 25.9 Å². The minimum atomic E-state index is 0.0741. The fraction of sp³-hybridized carbons (Fsp3) is 0.400. The molecule has 1 saturated heterocycles. The van der Waals surface area contributed by atoms with Gasteiger partial charge in [0.25, 0.3) is 0 Å². The number of aryl methyl sites for hydroxylation is 1. The summed E-state index contributed by atoms with van der Waals surface area (Å²) in [7, 11) is 2.01. The molecule has 4 rings (SSSR count). The summed E-state index contributed by atoms with van der Waals surface area (Å²) >= 11 is 0. The monoisotopic (exact) mass is 379 g/mol. The molecule has 8 nitrogen and oxygen atoms in total. The van der Waals surface area contributed by atoms with Crippen molar-refractivity contribution in [2.24, 2.45) is 13.0 Å². The van der Waals surface area contributed by atoms with Gasteiger partial charge in [-0.15, -0.1) is 0 Å². The van der Waals surface area contributed by atoms with E-state index in [-0.39, 0.29) is 11.8 Å². The van der Waals surface area contributed by atoms with Gasteiger partial charge in [0, 0.05) is 50.5 Å². The largest absolute Gasteiger partial charge is 0.352 e. The minimum absolute atomic E-state index is 0.0741. The number of pyridine rings is 1. The molecule has 1 amide bonds. The molecular formula is C20H25N7O. The van der Waals surface area contributed by atoms with Crippen molar-refractivity contribution >= 4 is 5.91 Å². The second-order valence-corrected chi connectivity index (χ2v) is 7.20. The molecular weight excluding hydrogens is 354 g/mol. The molecule has 3 aromatic heterocycles. The predicted molar refractivity (Wildman–Crippen MR) is 104 cm³/mol. The lowest BCUT2D eigenvalue weighted by molar-refractivity contribution is -0.126. The number of likely N-dealkylation sites (tertiary alicyclic amines) is 1. The number of imidazole rings is 1. The second kappa shape index (κ2) is 8.35. The molecule has 1 N–H and O–H groups in total. The Hall–Kier alpha value is -3.00. The Bertz CT molecular complexity index is 910. The Balaban J connectivity index is 1.26. The van der Waals surface area contributed by atoms with Crippen LogP contribution in [-0.4, -0.2) is 48.2 Å². The minimum Gasteiger partial charge on any atom is -0.352 e. The molecule has 0 aromatic carbocycles. The third-order valence-corrected chi connectivity index (χ3v) is 5.26. The first-order valence-electron chi connectivity index (χ1n) is 9.60. The van der Waals surface area contributed by atoms with Gasteiger partial charge in [-0.2, -0.15) is 5.10 Å². The second-order valence-electron chi connectivity index (χ2n) is 7.20. The molecule has 0 atom stereocenters. The number of hydrogen-bond donors (Lipinski definition) is 1. The summed E-state index contributed by atoms with van der Waals surface area (Å²) in [6.45, 7) is 3.18. The summed E-state index contributed by atoms with van der Waals surface area (Å²) in [6.07, 6.45) is 10.9. The van der Waals surface area contributed by atoms with Crippen LogP contribution in [-0.2, 0) is 24.9 Å². The van der Waals surface area contributed by atoms with Gasteiger partial charge in [0.1, 0.15) is 5.82 Å². The van der Waals surface area contributed by atoms with Crippen molar-refractivity contribution in [3.8, 4) is 5.82 Å². The SMILES string of the molecule is Cn1ccnc1CN1CCC(C(=O)NCc2ccnc(-n3cccn3)c2)CC1. The van der Waals surface area contributed by atoms with Crippen LogP contribution in [0.25, 0.3) is 5.82 Å². The van der Waals surface area contributed by atoms with Gasteiger partial charge >= 0.3 is 0 Å². The summed E-state index contributed by atoms with van der Waals surface area (Å²) in [4.78, 5) is 23.7. The molecule has 0 aliphatic carbocycles. The number of rotatable bonds is 6. The van der Waals surface area contributed by atoms with Crippen molar-refractivity contribution in [3.05, 3.63) is 60.6 Å². The highest BCUT2D eigenvalue weighted by molar-refractivity contribution is 5.78. The first-order valence-corrected chi connectivity index (χ1v) is 9.60. The quantitative estimate of drug-likeness (QED) is 0.702. The molecule has 0 radical (unpaired) electrons. The van der Waals surface area contributed by atoms with Crippen molar-refractivity contribution in [1.82, 2.24) is 34.5 Å². The van der Waals surface area contributed by atoms with Crippen LogP contribution in [0.4, 0.5) is 0 Å². The number of nitrogens with one attached hydrogen (secondary N) is 1. The van der Waals surface area contributed by atoms with Gasteiger partial charge in [0.2, 0.25) is 5.91 Å². The summed E-state index contributed by atoms with van der Waals surface area (Å²) in [5.74, 6) is 2.02. The van der Waals surface area contributed by atoms with E-state index in [9.17, 15) is 4.79 Å². The molecule has 1 aliphatic rings. The smallest absolute Gasteiger partial charge is 0.223 e.